The fraction of sp³-hybridized carbons (Fsp3) is 0.182. The van der Waals surface area contributed by atoms with Crippen LogP contribution in [0.5, 0.6) is 11.5 Å². The summed E-state index contributed by atoms with van der Waals surface area (Å²) in [6, 6.07) is 2.14. The van der Waals surface area contributed by atoms with Gasteiger partial charge >= 0.3 is 0 Å². The number of non-ortho nitro benzene ring substituents is 1. The molecule has 13 heteroatoms. The van der Waals surface area contributed by atoms with Gasteiger partial charge < -0.3 is 15.6 Å². The van der Waals surface area contributed by atoms with E-state index in [9.17, 15) is 20.0 Å². The second-order valence-corrected chi connectivity index (χ2v) is 4.33. The predicted molar refractivity (Wildman–Crippen MR) is 79.3 cm³/mol. The van der Waals surface area contributed by atoms with E-state index in [4.69, 9.17) is 10.5 Å². The van der Waals surface area contributed by atoms with E-state index in [-0.39, 0.29) is 35.2 Å². The molecule has 13 nitrogen and oxygen atoms in total. The highest BCUT2D eigenvalue weighted by atomic mass is 16.6. The molecular formula is C11H12N8O5. The first-order chi connectivity index (χ1) is 11.4. The lowest BCUT2D eigenvalue weighted by Gasteiger charge is -2.06. The van der Waals surface area contributed by atoms with Gasteiger partial charge in [0.1, 0.15) is 6.54 Å². The highest BCUT2D eigenvalue weighted by molar-refractivity contribution is 5.87. The predicted octanol–water partition coefficient (Wildman–Crippen LogP) is -0.972. The number of nitrogens with one attached hydrogen (secondary N) is 1. The van der Waals surface area contributed by atoms with Gasteiger partial charge in [-0.05, 0) is 10.4 Å². The van der Waals surface area contributed by atoms with Gasteiger partial charge in [0.2, 0.25) is 5.95 Å². The van der Waals surface area contributed by atoms with Crippen molar-refractivity contribution in [3.63, 3.8) is 0 Å². The standard InChI is InChI=1S/C11H12N8O5/c1-24-8-3-7(19(22)23)2-6(10(8)21)4-13-14-9(20)5-18-11(12)15-16-17-18/h2-4,21H,5H2,1H3,(H,14,20)(H2,12,15,17). The van der Waals surface area contributed by atoms with E-state index >= 15 is 0 Å². The van der Waals surface area contributed by atoms with Crippen molar-refractivity contribution in [3.05, 3.63) is 27.8 Å². The largest absolute Gasteiger partial charge is 0.504 e. The maximum atomic E-state index is 11.6. The molecule has 0 unspecified atom stereocenters. The van der Waals surface area contributed by atoms with Gasteiger partial charge in [0.05, 0.1) is 24.3 Å². The number of hydrogen-bond donors (Lipinski definition) is 3. The van der Waals surface area contributed by atoms with Crippen molar-refractivity contribution in [2.45, 2.75) is 6.54 Å². The van der Waals surface area contributed by atoms with Crippen molar-refractivity contribution in [2.24, 2.45) is 5.10 Å². The molecule has 1 aromatic carbocycles. The van der Waals surface area contributed by atoms with Crippen LogP contribution in [0.3, 0.4) is 0 Å². The van der Waals surface area contributed by atoms with Crippen molar-refractivity contribution in [3.8, 4) is 11.5 Å². The molecule has 0 aliphatic carbocycles. The third kappa shape index (κ3) is 3.70. The third-order valence-electron chi connectivity index (χ3n) is 2.77. The smallest absolute Gasteiger partial charge is 0.274 e. The number of hydrazone groups is 1. The molecule has 0 saturated heterocycles. The van der Waals surface area contributed by atoms with Crippen LogP contribution in [0.1, 0.15) is 5.56 Å². The van der Waals surface area contributed by atoms with Crippen LogP contribution in [-0.4, -0.2) is 49.5 Å². The Kier molecular flexibility index (Phi) is 4.84. The lowest BCUT2D eigenvalue weighted by molar-refractivity contribution is -0.385. The van der Waals surface area contributed by atoms with Crippen molar-refractivity contribution >= 4 is 23.8 Å². The SMILES string of the molecule is COc1cc([N+](=O)[O-])cc(C=NNC(=O)Cn2nnnc2N)c1O. The first-order valence-corrected chi connectivity index (χ1v) is 6.31. The highest BCUT2D eigenvalue weighted by Gasteiger charge is 2.16. The topological polar surface area (TPSA) is 184 Å². The molecular weight excluding hydrogens is 324 g/mol. The quantitative estimate of drug-likeness (QED) is 0.339. The number of tetrazole rings is 1. The van der Waals surface area contributed by atoms with Gasteiger partial charge in [0, 0.05) is 11.6 Å². The molecule has 0 fully saturated rings. The van der Waals surface area contributed by atoms with Gasteiger partial charge in [-0.1, -0.05) is 5.10 Å². The number of benzene rings is 1. The molecule has 126 valence electrons. The summed E-state index contributed by atoms with van der Waals surface area (Å²) in [6.45, 7) is -0.277. The average molecular weight is 336 g/mol. The third-order valence-corrected chi connectivity index (χ3v) is 2.77. The van der Waals surface area contributed by atoms with E-state index in [1.165, 1.54) is 7.11 Å². The van der Waals surface area contributed by atoms with Gasteiger partial charge in [0.15, 0.2) is 11.5 Å². The van der Waals surface area contributed by atoms with E-state index in [1.54, 1.807) is 0 Å². The molecule has 1 amide bonds. The van der Waals surface area contributed by atoms with Crippen molar-refractivity contribution in [2.75, 3.05) is 12.8 Å². The number of aromatic nitrogens is 4. The fourth-order valence-corrected chi connectivity index (χ4v) is 1.64. The van der Waals surface area contributed by atoms with Crippen LogP contribution >= 0.6 is 0 Å². The van der Waals surface area contributed by atoms with Crippen molar-refractivity contribution in [1.29, 1.82) is 0 Å². The molecule has 0 spiro atoms. The number of nitrogen functional groups attached to an aromatic ring is 1. The normalized spacial score (nSPS) is 10.7. The maximum Gasteiger partial charge on any atom is 0.274 e. The van der Waals surface area contributed by atoms with E-state index in [1.807, 2.05) is 0 Å². The van der Waals surface area contributed by atoms with Crippen LogP contribution in [0.2, 0.25) is 0 Å². The zero-order chi connectivity index (χ0) is 17.7. The Morgan fingerprint density at radius 1 is 1.62 bits per heavy atom. The van der Waals surface area contributed by atoms with E-state index < -0.39 is 10.8 Å². The summed E-state index contributed by atoms with van der Waals surface area (Å²) in [4.78, 5) is 21.8. The lowest BCUT2D eigenvalue weighted by Crippen LogP contribution is -2.24. The number of anilines is 1. The molecule has 0 aliphatic rings. The van der Waals surface area contributed by atoms with Crippen LogP contribution < -0.4 is 15.9 Å². The molecule has 0 bridgehead atoms. The Balaban J connectivity index is 2.11. The number of hydrogen-bond acceptors (Lipinski definition) is 10. The molecule has 2 aromatic rings. The Morgan fingerprint density at radius 2 is 2.38 bits per heavy atom. The number of nitrogens with two attached hydrogens (primary N) is 1. The number of methoxy groups -OCH3 is 1. The molecule has 1 aromatic heterocycles. The van der Waals surface area contributed by atoms with Gasteiger partial charge in [-0.2, -0.15) is 5.10 Å². The van der Waals surface area contributed by atoms with E-state index in [0.29, 0.717) is 0 Å². The summed E-state index contributed by atoms with van der Waals surface area (Å²) in [7, 11) is 1.25. The zero-order valence-electron chi connectivity index (χ0n) is 12.3. The number of aromatic hydroxyl groups is 1. The highest BCUT2D eigenvalue weighted by Crippen LogP contribution is 2.33. The van der Waals surface area contributed by atoms with Crippen LogP contribution in [0.4, 0.5) is 11.6 Å². The Bertz CT molecular complexity index is 802. The minimum Gasteiger partial charge on any atom is -0.504 e. The number of nitrogens with zero attached hydrogens (tertiary/aromatic N) is 6. The van der Waals surface area contributed by atoms with E-state index in [0.717, 1.165) is 23.0 Å². The number of phenols is 1. The number of nitro benzene ring substituents is 1. The Labute approximate surface area is 133 Å². The molecule has 4 N–H and O–H groups in total. The number of nitro groups is 1. The monoisotopic (exact) mass is 336 g/mol. The van der Waals surface area contributed by atoms with Crippen LogP contribution in [0, 0.1) is 10.1 Å². The van der Waals surface area contributed by atoms with Gasteiger partial charge in [-0.25, -0.2) is 10.1 Å². The molecule has 0 radical (unpaired) electrons. The lowest BCUT2D eigenvalue weighted by atomic mass is 10.2. The number of carbonyl (C=O) groups excluding carboxylic acids is 1. The van der Waals surface area contributed by atoms with Gasteiger partial charge in [-0.15, -0.1) is 0 Å². The number of amides is 1. The molecule has 2 rings (SSSR count). The number of phenolic OH excluding ortho intramolecular Hbond substituents is 1. The summed E-state index contributed by atoms with van der Waals surface area (Å²) in [5.74, 6) is -1.10. The Hall–Kier alpha value is -3.77. The fourth-order valence-electron chi connectivity index (χ4n) is 1.64. The molecule has 0 atom stereocenters. The number of ether oxygens (including phenoxy) is 1. The molecule has 0 aliphatic heterocycles. The number of carbonyl (C=O) groups is 1. The number of rotatable bonds is 6. The summed E-state index contributed by atoms with van der Waals surface area (Å²) in [6.07, 6.45) is 1.03. The second kappa shape index (κ2) is 6.99. The molecule has 24 heavy (non-hydrogen) atoms. The minimum absolute atomic E-state index is 0.0108. The summed E-state index contributed by atoms with van der Waals surface area (Å²) in [5.41, 5.74) is 7.23. The second-order valence-electron chi connectivity index (χ2n) is 4.33. The van der Waals surface area contributed by atoms with Crippen molar-refractivity contribution < 1.29 is 19.6 Å². The minimum atomic E-state index is -0.654. The van der Waals surface area contributed by atoms with Crippen molar-refractivity contribution in [1.82, 2.24) is 25.6 Å². The first kappa shape index (κ1) is 16.6. The maximum absolute atomic E-state index is 11.6. The first-order valence-electron chi connectivity index (χ1n) is 6.31. The summed E-state index contributed by atoms with van der Waals surface area (Å²) >= 11 is 0. The van der Waals surface area contributed by atoms with Crippen LogP contribution in [0.25, 0.3) is 0 Å². The average Bonchev–Trinajstić information content (AvgIpc) is 2.93. The van der Waals surface area contributed by atoms with E-state index in [2.05, 4.69) is 26.1 Å². The summed E-state index contributed by atoms with van der Waals surface area (Å²) < 4.78 is 5.88. The Morgan fingerprint density at radius 3 is 2.96 bits per heavy atom. The summed E-state index contributed by atoms with van der Waals surface area (Å²) in [5, 5.41) is 34.5. The zero-order valence-corrected chi connectivity index (χ0v) is 12.3. The van der Waals surface area contributed by atoms with Gasteiger partial charge in [0.25, 0.3) is 11.6 Å². The molecule has 1 heterocycles. The molecule has 0 saturated carbocycles. The van der Waals surface area contributed by atoms with Gasteiger partial charge in [-0.3, -0.25) is 14.9 Å². The van der Waals surface area contributed by atoms with Crippen LogP contribution in [-0.2, 0) is 11.3 Å². The van der Waals surface area contributed by atoms with Crippen LogP contribution in [0.15, 0.2) is 17.2 Å².